The van der Waals surface area contributed by atoms with Crippen LogP contribution >= 0.6 is 0 Å². The second kappa shape index (κ2) is 5.27. The van der Waals surface area contributed by atoms with Crippen molar-refractivity contribution < 1.29 is 9.90 Å². The molecule has 0 amide bonds. The minimum atomic E-state index is -0.952. The Hall–Kier alpha value is -2.43. The number of hydrogen-bond donors (Lipinski definition) is 2. The molecule has 2 heterocycles. The summed E-state index contributed by atoms with van der Waals surface area (Å²) in [5, 5.41) is 12.0. The van der Waals surface area contributed by atoms with E-state index in [9.17, 15) is 4.79 Å². The fraction of sp³-hybridized carbons (Fsp3) is 0.154. The van der Waals surface area contributed by atoms with Crippen LogP contribution in [0, 0.1) is 6.92 Å². The van der Waals surface area contributed by atoms with E-state index in [2.05, 4.69) is 15.3 Å². The Morgan fingerprint density at radius 1 is 1.33 bits per heavy atom. The molecule has 2 rings (SSSR count). The van der Waals surface area contributed by atoms with Crippen LogP contribution in [0.3, 0.4) is 0 Å². The number of carboxylic acid groups (broad SMARTS) is 1. The molecule has 2 aromatic heterocycles. The topological polar surface area (TPSA) is 75.1 Å². The minimum absolute atomic E-state index is 0.235. The Labute approximate surface area is 105 Å². The lowest BCUT2D eigenvalue weighted by Gasteiger charge is -2.05. The molecular weight excluding hydrogens is 230 g/mol. The molecule has 0 aromatic carbocycles. The van der Waals surface area contributed by atoms with Gasteiger partial charge in [-0.25, -0.2) is 9.78 Å². The van der Waals surface area contributed by atoms with Gasteiger partial charge in [0.2, 0.25) is 0 Å². The minimum Gasteiger partial charge on any atom is -0.478 e. The van der Waals surface area contributed by atoms with Gasteiger partial charge in [-0.3, -0.25) is 4.98 Å². The van der Waals surface area contributed by atoms with Crippen LogP contribution in [0.15, 0.2) is 36.7 Å². The van der Waals surface area contributed by atoms with Gasteiger partial charge in [0.25, 0.3) is 0 Å². The van der Waals surface area contributed by atoms with Crippen LogP contribution in [0.25, 0.3) is 0 Å². The Morgan fingerprint density at radius 3 is 2.83 bits per heavy atom. The standard InChI is InChI=1S/C13H13N3O2/c1-9-2-3-12(15-7-9)16-8-11-6-10(13(17)18)4-5-14-11/h2-7H,8H2,1H3,(H,15,16)(H,17,18). The van der Waals surface area contributed by atoms with E-state index in [1.54, 1.807) is 12.3 Å². The molecule has 0 atom stereocenters. The van der Waals surface area contributed by atoms with Crippen molar-refractivity contribution in [1.82, 2.24) is 9.97 Å². The Balaban J connectivity index is 2.04. The van der Waals surface area contributed by atoms with Crippen molar-refractivity contribution in [2.24, 2.45) is 0 Å². The third-order valence-corrected chi connectivity index (χ3v) is 2.43. The van der Waals surface area contributed by atoms with E-state index < -0.39 is 5.97 Å². The van der Waals surface area contributed by atoms with Gasteiger partial charge in [-0.15, -0.1) is 0 Å². The number of pyridine rings is 2. The molecule has 18 heavy (non-hydrogen) atoms. The summed E-state index contributed by atoms with van der Waals surface area (Å²) < 4.78 is 0. The fourth-order valence-electron chi connectivity index (χ4n) is 1.46. The third-order valence-electron chi connectivity index (χ3n) is 2.43. The average Bonchev–Trinajstić information content (AvgIpc) is 2.38. The number of aryl methyl sites for hydroxylation is 1. The van der Waals surface area contributed by atoms with Gasteiger partial charge in [0.05, 0.1) is 17.8 Å². The van der Waals surface area contributed by atoms with Gasteiger partial charge < -0.3 is 10.4 Å². The quantitative estimate of drug-likeness (QED) is 0.860. The zero-order chi connectivity index (χ0) is 13.0. The smallest absolute Gasteiger partial charge is 0.335 e. The van der Waals surface area contributed by atoms with Crippen LogP contribution in [-0.4, -0.2) is 21.0 Å². The first-order chi connectivity index (χ1) is 8.65. The van der Waals surface area contributed by atoms with Crippen molar-refractivity contribution in [1.29, 1.82) is 0 Å². The predicted molar refractivity (Wildman–Crippen MR) is 67.5 cm³/mol. The highest BCUT2D eigenvalue weighted by Gasteiger charge is 2.04. The predicted octanol–water partition coefficient (Wildman–Crippen LogP) is 2.10. The zero-order valence-electron chi connectivity index (χ0n) is 9.92. The molecule has 2 aromatic rings. The maximum Gasteiger partial charge on any atom is 0.335 e. The summed E-state index contributed by atoms with van der Waals surface area (Å²) in [5.41, 5.74) is 1.99. The number of hydrogen-bond acceptors (Lipinski definition) is 4. The number of nitrogens with one attached hydrogen (secondary N) is 1. The van der Waals surface area contributed by atoms with Crippen LogP contribution in [0.1, 0.15) is 21.6 Å². The molecule has 5 nitrogen and oxygen atoms in total. The van der Waals surface area contributed by atoms with Gasteiger partial charge in [0.15, 0.2) is 0 Å². The van der Waals surface area contributed by atoms with Gasteiger partial charge in [-0.2, -0.15) is 0 Å². The molecule has 5 heteroatoms. The van der Waals surface area contributed by atoms with Crippen LogP contribution < -0.4 is 5.32 Å². The van der Waals surface area contributed by atoms with Crippen molar-refractivity contribution in [3.05, 3.63) is 53.5 Å². The van der Waals surface area contributed by atoms with Crippen molar-refractivity contribution in [2.75, 3.05) is 5.32 Å². The lowest BCUT2D eigenvalue weighted by Crippen LogP contribution is -2.05. The number of carboxylic acids is 1. The van der Waals surface area contributed by atoms with E-state index in [-0.39, 0.29) is 5.56 Å². The second-order valence-electron chi connectivity index (χ2n) is 3.92. The van der Waals surface area contributed by atoms with Gasteiger partial charge in [0, 0.05) is 12.4 Å². The van der Waals surface area contributed by atoms with E-state index in [1.807, 2.05) is 19.1 Å². The Kier molecular flexibility index (Phi) is 3.52. The molecule has 92 valence electrons. The lowest BCUT2D eigenvalue weighted by atomic mass is 10.2. The number of rotatable bonds is 4. The maximum absolute atomic E-state index is 10.8. The average molecular weight is 243 g/mol. The number of carbonyl (C=O) groups is 1. The third kappa shape index (κ3) is 3.04. The Morgan fingerprint density at radius 2 is 2.17 bits per heavy atom. The van der Waals surface area contributed by atoms with Crippen molar-refractivity contribution in [3.8, 4) is 0 Å². The first-order valence-electron chi connectivity index (χ1n) is 5.50. The van der Waals surface area contributed by atoms with Gasteiger partial charge in [0.1, 0.15) is 5.82 Å². The summed E-state index contributed by atoms with van der Waals surface area (Å²) in [6, 6.07) is 6.84. The molecule has 0 aliphatic heterocycles. The molecule has 0 saturated heterocycles. The number of anilines is 1. The van der Waals surface area contributed by atoms with Crippen molar-refractivity contribution in [3.63, 3.8) is 0 Å². The van der Waals surface area contributed by atoms with Gasteiger partial charge in [-0.05, 0) is 30.7 Å². The molecular formula is C13H13N3O2. The van der Waals surface area contributed by atoms with Crippen molar-refractivity contribution in [2.45, 2.75) is 13.5 Å². The van der Waals surface area contributed by atoms with Gasteiger partial charge >= 0.3 is 5.97 Å². The highest BCUT2D eigenvalue weighted by Crippen LogP contribution is 2.07. The molecule has 0 bridgehead atoms. The number of aromatic carboxylic acids is 1. The number of nitrogens with zero attached hydrogens (tertiary/aromatic N) is 2. The first kappa shape index (κ1) is 12.0. The van der Waals surface area contributed by atoms with Crippen LogP contribution in [-0.2, 0) is 6.54 Å². The Bertz CT molecular complexity index is 552. The molecule has 0 unspecified atom stereocenters. The lowest BCUT2D eigenvalue weighted by molar-refractivity contribution is 0.0696. The molecule has 0 aliphatic carbocycles. The molecule has 0 fully saturated rings. The number of aromatic nitrogens is 2. The van der Waals surface area contributed by atoms with E-state index in [0.29, 0.717) is 12.2 Å². The first-order valence-corrected chi connectivity index (χ1v) is 5.50. The van der Waals surface area contributed by atoms with Gasteiger partial charge in [-0.1, -0.05) is 6.07 Å². The van der Waals surface area contributed by atoms with Crippen LogP contribution in [0.2, 0.25) is 0 Å². The fourth-order valence-corrected chi connectivity index (χ4v) is 1.46. The molecule has 0 aliphatic rings. The highest BCUT2D eigenvalue weighted by molar-refractivity contribution is 5.87. The monoisotopic (exact) mass is 243 g/mol. The zero-order valence-corrected chi connectivity index (χ0v) is 9.92. The van der Waals surface area contributed by atoms with Crippen LogP contribution in [0.4, 0.5) is 5.82 Å². The normalized spacial score (nSPS) is 10.1. The molecule has 0 saturated carbocycles. The van der Waals surface area contributed by atoms with Crippen molar-refractivity contribution >= 4 is 11.8 Å². The highest BCUT2D eigenvalue weighted by atomic mass is 16.4. The van der Waals surface area contributed by atoms with E-state index >= 15 is 0 Å². The summed E-state index contributed by atoms with van der Waals surface area (Å²) in [6.07, 6.45) is 3.26. The largest absolute Gasteiger partial charge is 0.478 e. The molecule has 0 spiro atoms. The summed E-state index contributed by atoms with van der Waals surface area (Å²) in [5.74, 6) is -0.213. The summed E-state index contributed by atoms with van der Waals surface area (Å²) in [6.45, 7) is 2.41. The SMILES string of the molecule is Cc1ccc(NCc2cc(C(=O)O)ccn2)nc1. The van der Waals surface area contributed by atoms with E-state index in [1.165, 1.54) is 12.3 Å². The van der Waals surface area contributed by atoms with E-state index in [0.717, 1.165) is 11.4 Å². The van der Waals surface area contributed by atoms with E-state index in [4.69, 9.17) is 5.11 Å². The van der Waals surface area contributed by atoms with Crippen LogP contribution in [0.5, 0.6) is 0 Å². The second-order valence-corrected chi connectivity index (χ2v) is 3.92. The summed E-state index contributed by atoms with van der Waals surface area (Å²) in [4.78, 5) is 19.1. The summed E-state index contributed by atoms with van der Waals surface area (Å²) in [7, 11) is 0. The molecule has 0 radical (unpaired) electrons. The maximum atomic E-state index is 10.8. The molecule has 2 N–H and O–H groups in total. The summed E-state index contributed by atoms with van der Waals surface area (Å²) >= 11 is 0.